The molecule has 18 heavy (non-hydrogen) atoms. The third-order valence-corrected chi connectivity index (χ3v) is 3.61. The van der Waals surface area contributed by atoms with Crippen LogP contribution in [0, 0.1) is 11.3 Å². The number of likely N-dealkylation sites (N-methyl/N-ethyl adjacent to an activating group) is 1. The van der Waals surface area contributed by atoms with Crippen molar-refractivity contribution in [1.29, 1.82) is 0 Å². The highest BCUT2D eigenvalue weighted by molar-refractivity contribution is 5.96. The fourth-order valence-corrected chi connectivity index (χ4v) is 1.82. The standard InChI is InChI=1S/C13H25N3O2/c1-9(2)13(5)10(16(6)7)15-18-8-12(3,4)11(17)14-13/h9H,8H2,1-7H3,(H,14,17)/b15-10+. The molecule has 1 N–H and O–H groups in total. The zero-order chi connectivity index (χ0) is 14.1. The quantitative estimate of drug-likeness (QED) is 0.771. The maximum absolute atomic E-state index is 12.3. The first-order chi connectivity index (χ1) is 8.11. The fourth-order valence-electron chi connectivity index (χ4n) is 1.82. The second-order valence-corrected chi connectivity index (χ2v) is 6.28. The zero-order valence-electron chi connectivity index (χ0n) is 12.5. The molecule has 1 aliphatic rings. The third kappa shape index (κ3) is 2.60. The van der Waals surface area contributed by atoms with Crippen molar-refractivity contribution in [3.05, 3.63) is 0 Å². The van der Waals surface area contributed by atoms with Crippen molar-refractivity contribution in [2.45, 2.75) is 40.2 Å². The van der Waals surface area contributed by atoms with Gasteiger partial charge in [-0.15, -0.1) is 0 Å². The normalized spacial score (nSPS) is 30.7. The summed E-state index contributed by atoms with van der Waals surface area (Å²) in [6.45, 7) is 10.1. The maximum Gasteiger partial charge on any atom is 0.230 e. The van der Waals surface area contributed by atoms with E-state index >= 15 is 0 Å². The van der Waals surface area contributed by atoms with Gasteiger partial charge < -0.3 is 15.1 Å². The van der Waals surface area contributed by atoms with E-state index in [4.69, 9.17) is 4.84 Å². The number of nitrogens with one attached hydrogen (secondary N) is 1. The summed E-state index contributed by atoms with van der Waals surface area (Å²) in [4.78, 5) is 19.6. The van der Waals surface area contributed by atoms with Gasteiger partial charge in [-0.2, -0.15) is 0 Å². The largest absolute Gasteiger partial charge is 0.393 e. The van der Waals surface area contributed by atoms with Crippen LogP contribution < -0.4 is 5.32 Å². The predicted octanol–water partition coefficient (Wildman–Crippen LogP) is 1.45. The van der Waals surface area contributed by atoms with E-state index in [1.165, 1.54) is 0 Å². The van der Waals surface area contributed by atoms with Crippen LogP contribution in [0.4, 0.5) is 0 Å². The van der Waals surface area contributed by atoms with Crippen molar-refractivity contribution in [2.24, 2.45) is 16.5 Å². The van der Waals surface area contributed by atoms with Gasteiger partial charge >= 0.3 is 0 Å². The van der Waals surface area contributed by atoms with Crippen LogP contribution in [0.1, 0.15) is 34.6 Å². The molecule has 0 bridgehead atoms. The average Bonchev–Trinajstić information content (AvgIpc) is 2.21. The average molecular weight is 255 g/mol. The van der Waals surface area contributed by atoms with E-state index in [0.29, 0.717) is 0 Å². The molecule has 1 unspecified atom stereocenters. The van der Waals surface area contributed by atoms with E-state index in [9.17, 15) is 4.79 Å². The highest BCUT2D eigenvalue weighted by Gasteiger charge is 2.43. The topological polar surface area (TPSA) is 53.9 Å². The van der Waals surface area contributed by atoms with Gasteiger partial charge in [-0.25, -0.2) is 0 Å². The van der Waals surface area contributed by atoms with E-state index in [0.717, 1.165) is 5.84 Å². The summed E-state index contributed by atoms with van der Waals surface area (Å²) in [5.41, 5.74) is -1.10. The minimum Gasteiger partial charge on any atom is -0.393 e. The molecule has 0 aromatic rings. The Bertz CT molecular complexity index is 361. The molecule has 0 aromatic heterocycles. The predicted molar refractivity (Wildman–Crippen MR) is 72.2 cm³/mol. The van der Waals surface area contributed by atoms with Crippen LogP contribution in [-0.4, -0.2) is 42.9 Å². The molecular weight excluding hydrogens is 230 g/mol. The number of carbonyl (C=O) groups is 1. The van der Waals surface area contributed by atoms with Gasteiger partial charge in [0, 0.05) is 14.1 Å². The van der Waals surface area contributed by atoms with Crippen LogP contribution >= 0.6 is 0 Å². The van der Waals surface area contributed by atoms with Crippen molar-refractivity contribution in [3.8, 4) is 0 Å². The summed E-state index contributed by atoms with van der Waals surface area (Å²) in [7, 11) is 3.81. The molecule has 1 heterocycles. The Kier molecular flexibility index (Phi) is 3.93. The summed E-state index contributed by atoms with van der Waals surface area (Å²) < 4.78 is 0. The SMILES string of the molecule is CC(C)C1(C)NC(=O)C(C)(C)CO/N=C\1N(C)C. The lowest BCUT2D eigenvalue weighted by Gasteiger charge is -2.41. The lowest BCUT2D eigenvalue weighted by Crippen LogP contribution is -2.63. The summed E-state index contributed by atoms with van der Waals surface area (Å²) in [6.07, 6.45) is 0. The first-order valence-electron chi connectivity index (χ1n) is 6.31. The molecular formula is C13H25N3O2. The number of carbonyl (C=O) groups excluding carboxylic acids is 1. The summed E-state index contributed by atoms with van der Waals surface area (Å²) >= 11 is 0. The lowest BCUT2D eigenvalue weighted by atomic mass is 9.83. The smallest absolute Gasteiger partial charge is 0.230 e. The van der Waals surface area contributed by atoms with Crippen LogP contribution in [0.3, 0.4) is 0 Å². The molecule has 0 aromatic carbocycles. The molecule has 0 radical (unpaired) electrons. The Morgan fingerprint density at radius 2 is 1.89 bits per heavy atom. The first kappa shape index (κ1) is 14.8. The molecule has 1 aliphatic heterocycles. The van der Waals surface area contributed by atoms with Crippen LogP contribution in [0.5, 0.6) is 0 Å². The molecule has 0 saturated carbocycles. The van der Waals surface area contributed by atoms with Gasteiger partial charge in [0.25, 0.3) is 0 Å². The third-order valence-electron chi connectivity index (χ3n) is 3.61. The van der Waals surface area contributed by atoms with Crippen molar-refractivity contribution in [2.75, 3.05) is 20.7 Å². The minimum atomic E-state index is -0.572. The lowest BCUT2D eigenvalue weighted by molar-refractivity contribution is -0.135. The van der Waals surface area contributed by atoms with Crippen LogP contribution in [0.15, 0.2) is 5.16 Å². The van der Waals surface area contributed by atoms with Crippen molar-refractivity contribution >= 4 is 11.7 Å². The van der Waals surface area contributed by atoms with Gasteiger partial charge in [0.15, 0.2) is 5.84 Å². The molecule has 104 valence electrons. The van der Waals surface area contributed by atoms with E-state index in [-0.39, 0.29) is 18.4 Å². The zero-order valence-corrected chi connectivity index (χ0v) is 12.5. The second-order valence-electron chi connectivity index (χ2n) is 6.28. The first-order valence-corrected chi connectivity index (χ1v) is 6.31. The molecule has 1 atom stereocenters. The highest BCUT2D eigenvalue weighted by Crippen LogP contribution is 2.26. The van der Waals surface area contributed by atoms with Gasteiger partial charge in [-0.1, -0.05) is 19.0 Å². The number of nitrogens with zero attached hydrogens (tertiary/aromatic N) is 2. The molecule has 0 spiro atoms. The van der Waals surface area contributed by atoms with Crippen LogP contribution in [-0.2, 0) is 9.63 Å². The molecule has 0 aliphatic carbocycles. The Morgan fingerprint density at radius 3 is 2.33 bits per heavy atom. The van der Waals surface area contributed by atoms with Gasteiger partial charge in [0.2, 0.25) is 5.91 Å². The molecule has 5 heteroatoms. The second kappa shape index (κ2) is 4.78. The molecule has 0 saturated heterocycles. The number of hydrogen-bond acceptors (Lipinski definition) is 4. The summed E-state index contributed by atoms with van der Waals surface area (Å²) in [6, 6.07) is 0. The van der Waals surface area contributed by atoms with E-state index in [2.05, 4.69) is 24.3 Å². The fraction of sp³-hybridized carbons (Fsp3) is 0.846. The number of amidine groups is 1. The monoisotopic (exact) mass is 255 g/mol. The maximum atomic E-state index is 12.3. The number of hydrogen-bond donors (Lipinski definition) is 1. The van der Waals surface area contributed by atoms with Gasteiger partial charge in [0.1, 0.15) is 12.1 Å². The number of amides is 1. The van der Waals surface area contributed by atoms with Crippen LogP contribution in [0.2, 0.25) is 0 Å². The van der Waals surface area contributed by atoms with E-state index in [1.54, 1.807) is 0 Å². The highest BCUT2D eigenvalue weighted by atomic mass is 16.6. The molecule has 1 amide bonds. The Balaban J connectivity index is 3.23. The van der Waals surface area contributed by atoms with Crippen molar-refractivity contribution < 1.29 is 9.63 Å². The number of oxime groups is 1. The van der Waals surface area contributed by atoms with Gasteiger partial charge in [-0.05, 0) is 26.7 Å². The number of rotatable bonds is 1. The summed E-state index contributed by atoms with van der Waals surface area (Å²) in [5, 5.41) is 7.34. The Hall–Kier alpha value is -1.26. The molecule has 1 rings (SSSR count). The van der Waals surface area contributed by atoms with Crippen molar-refractivity contribution in [3.63, 3.8) is 0 Å². The molecule has 0 fully saturated rings. The van der Waals surface area contributed by atoms with E-state index in [1.807, 2.05) is 39.8 Å². The Morgan fingerprint density at radius 1 is 1.33 bits per heavy atom. The van der Waals surface area contributed by atoms with E-state index < -0.39 is 11.0 Å². The Labute approximate surface area is 110 Å². The molecule has 5 nitrogen and oxygen atoms in total. The van der Waals surface area contributed by atoms with Gasteiger partial charge in [0.05, 0.1) is 5.41 Å². The van der Waals surface area contributed by atoms with Crippen LogP contribution in [0.25, 0.3) is 0 Å². The summed E-state index contributed by atoms with van der Waals surface area (Å²) in [5.74, 6) is 0.939. The van der Waals surface area contributed by atoms with Gasteiger partial charge in [-0.3, -0.25) is 4.79 Å². The van der Waals surface area contributed by atoms with Crippen molar-refractivity contribution in [1.82, 2.24) is 10.2 Å². The minimum absolute atomic E-state index is 0.00653.